The molecule has 112 valence electrons. The molecule has 20 heavy (non-hydrogen) atoms. The van der Waals surface area contributed by atoms with Crippen LogP contribution in [0.1, 0.15) is 25.8 Å². The average molecular weight is 278 g/mol. The Morgan fingerprint density at radius 2 is 1.95 bits per heavy atom. The predicted octanol–water partition coefficient (Wildman–Crippen LogP) is 2.01. The van der Waals surface area contributed by atoms with Crippen LogP contribution in [-0.4, -0.2) is 44.7 Å². The first-order valence-corrected chi connectivity index (χ1v) is 7.18. The van der Waals surface area contributed by atoms with Gasteiger partial charge in [0.1, 0.15) is 0 Å². The van der Waals surface area contributed by atoms with Crippen molar-refractivity contribution in [2.75, 3.05) is 33.8 Å². The lowest BCUT2D eigenvalue weighted by atomic mass is 9.88. The Labute approximate surface area is 122 Å². The van der Waals surface area contributed by atoms with Gasteiger partial charge in [-0.25, -0.2) is 4.79 Å². The molecular formula is C16H26N2O2. The van der Waals surface area contributed by atoms with Crippen molar-refractivity contribution in [1.82, 2.24) is 10.2 Å². The number of hydrogen-bond acceptors (Lipinski definition) is 4. The molecule has 1 aromatic carbocycles. The predicted molar refractivity (Wildman–Crippen MR) is 81.6 cm³/mol. The minimum Gasteiger partial charge on any atom is -0.467 e. The highest BCUT2D eigenvalue weighted by molar-refractivity contribution is 5.83. The quantitative estimate of drug-likeness (QED) is 0.739. The summed E-state index contributed by atoms with van der Waals surface area (Å²) < 4.78 is 5.08. The van der Waals surface area contributed by atoms with Gasteiger partial charge in [-0.05, 0) is 32.1 Å². The van der Waals surface area contributed by atoms with Crippen molar-refractivity contribution in [2.24, 2.45) is 0 Å². The SMILES string of the molecule is CCCNC(CN(C)CC)(C(=O)OC)c1ccccc1. The lowest BCUT2D eigenvalue weighted by Gasteiger charge is -2.35. The third kappa shape index (κ3) is 3.81. The van der Waals surface area contributed by atoms with Crippen molar-refractivity contribution in [3.05, 3.63) is 35.9 Å². The van der Waals surface area contributed by atoms with Gasteiger partial charge < -0.3 is 9.64 Å². The fraction of sp³-hybridized carbons (Fsp3) is 0.562. The molecule has 0 spiro atoms. The van der Waals surface area contributed by atoms with Crippen LogP contribution in [0, 0.1) is 0 Å². The lowest BCUT2D eigenvalue weighted by molar-refractivity contribution is -0.150. The van der Waals surface area contributed by atoms with E-state index in [4.69, 9.17) is 4.74 Å². The van der Waals surface area contributed by atoms with Gasteiger partial charge in [-0.2, -0.15) is 0 Å². The monoisotopic (exact) mass is 278 g/mol. The molecule has 1 atom stereocenters. The number of nitrogens with zero attached hydrogens (tertiary/aromatic N) is 1. The Morgan fingerprint density at radius 1 is 1.30 bits per heavy atom. The Hall–Kier alpha value is -1.39. The van der Waals surface area contributed by atoms with Crippen molar-refractivity contribution < 1.29 is 9.53 Å². The van der Waals surface area contributed by atoms with Crippen LogP contribution in [0.5, 0.6) is 0 Å². The molecule has 0 saturated heterocycles. The van der Waals surface area contributed by atoms with Crippen LogP contribution < -0.4 is 5.32 Å². The summed E-state index contributed by atoms with van der Waals surface area (Å²) in [7, 11) is 3.45. The van der Waals surface area contributed by atoms with Crippen molar-refractivity contribution in [2.45, 2.75) is 25.8 Å². The van der Waals surface area contributed by atoms with Crippen LogP contribution in [0.25, 0.3) is 0 Å². The van der Waals surface area contributed by atoms with E-state index in [1.165, 1.54) is 7.11 Å². The molecule has 0 aliphatic rings. The van der Waals surface area contributed by atoms with Crippen molar-refractivity contribution >= 4 is 5.97 Å². The van der Waals surface area contributed by atoms with Gasteiger partial charge in [0.05, 0.1) is 7.11 Å². The number of carbonyl (C=O) groups is 1. The number of esters is 1. The maximum absolute atomic E-state index is 12.5. The highest BCUT2D eigenvalue weighted by Crippen LogP contribution is 2.24. The molecule has 0 heterocycles. The average Bonchev–Trinajstić information content (AvgIpc) is 2.51. The molecule has 1 aromatic rings. The van der Waals surface area contributed by atoms with Crippen LogP contribution in [0.3, 0.4) is 0 Å². The summed E-state index contributed by atoms with van der Waals surface area (Å²) in [4.78, 5) is 14.6. The summed E-state index contributed by atoms with van der Waals surface area (Å²) in [6.45, 7) is 6.39. The van der Waals surface area contributed by atoms with E-state index < -0.39 is 5.54 Å². The Morgan fingerprint density at radius 3 is 2.45 bits per heavy atom. The summed E-state index contributed by atoms with van der Waals surface area (Å²) in [5.74, 6) is -0.238. The van der Waals surface area contributed by atoms with E-state index in [9.17, 15) is 4.79 Å². The summed E-state index contributed by atoms with van der Waals surface area (Å²) in [6, 6.07) is 9.81. The highest BCUT2D eigenvalue weighted by Gasteiger charge is 2.41. The van der Waals surface area contributed by atoms with Crippen molar-refractivity contribution in [3.63, 3.8) is 0 Å². The first kappa shape index (κ1) is 16.7. The zero-order chi connectivity index (χ0) is 15.0. The number of methoxy groups -OCH3 is 1. The molecule has 1 rings (SSSR count). The third-order valence-electron chi connectivity index (χ3n) is 3.52. The molecule has 0 aromatic heterocycles. The minimum absolute atomic E-state index is 0.238. The number of likely N-dealkylation sites (N-methyl/N-ethyl adjacent to an activating group) is 1. The van der Waals surface area contributed by atoms with Gasteiger partial charge in [0, 0.05) is 6.54 Å². The molecule has 0 radical (unpaired) electrons. The van der Waals surface area contributed by atoms with Gasteiger partial charge in [-0.3, -0.25) is 5.32 Å². The molecular weight excluding hydrogens is 252 g/mol. The van der Waals surface area contributed by atoms with Crippen LogP contribution in [0.15, 0.2) is 30.3 Å². The Balaban J connectivity index is 3.21. The summed E-state index contributed by atoms with van der Waals surface area (Å²) >= 11 is 0. The molecule has 0 aliphatic heterocycles. The van der Waals surface area contributed by atoms with Crippen molar-refractivity contribution in [3.8, 4) is 0 Å². The van der Waals surface area contributed by atoms with Crippen LogP contribution in [0.2, 0.25) is 0 Å². The van der Waals surface area contributed by atoms with E-state index in [-0.39, 0.29) is 5.97 Å². The molecule has 1 N–H and O–H groups in total. The molecule has 0 aliphatic carbocycles. The van der Waals surface area contributed by atoms with E-state index in [0.29, 0.717) is 6.54 Å². The second kappa shape index (κ2) is 8.02. The molecule has 0 bridgehead atoms. The van der Waals surface area contributed by atoms with Crippen LogP contribution in [0.4, 0.5) is 0 Å². The Kier molecular flexibility index (Phi) is 6.68. The fourth-order valence-electron chi connectivity index (χ4n) is 2.26. The number of benzene rings is 1. The van der Waals surface area contributed by atoms with E-state index in [1.54, 1.807) is 0 Å². The summed E-state index contributed by atoms with van der Waals surface area (Å²) in [5, 5.41) is 3.40. The van der Waals surface area contributed by atoms with Crippen molar-refractivity contribution in [1.29, 1.82) is 0 Å². The van der Waals surface area contributed by atoms with Gasteiger partial charge in [-0.1, -0.05) is 44.2 Å². The number of nitrogens with one attached hydrogen (secondary N) is 1. The normalized spacial score (nSPS) is 14.1. The second-order valence-electron chi connectivity index (χ2n) is 5.02. The number of ether oxygens (including phenoxy) is 1. The first-order valence-electron chi connectivity index (χ1n) is 7.18. The topological polar surface area (TPSA) is 41.6 Å². The molecule has 1 unspecified atom stereocenters. The number of hydrogen-bond donors (Lipinski definition) is 1. The maximum atomic E-state index is 12.5. The third-order valence-corrected chi connectivity index (χ3v) is 3.52. The Bertz CT molecular complexity index is 408. The van der Waals surface area contributed by atoms with E-state index in [1.807, 2.05) is 37.4 Å². The maximum Gasteiger partial charge on any atom is 0.332 e. The minimum atomic E-state index is -0.809. The smallest absolute Gasteiger partial charge is 0.332 e. The number of rotatable bonds is 8. The van der Waals surface area contributed by atoms with E-state index >= 15 is 0 Å². The fourth-order valence-corrected chi connectivity index (χ4v) is 2.26. The van der Waals surface area contributed by atoms with Gasteiger partial charge >= 0.3 is 5.97 Å². The molecule has 4 nitrogen and oxygen atoms in total. The van der Waals surface area contributed by atoms with Gasteiger partial charge in [0.15, 0.2) is 5.54 Å². The lowest BCUT2D eigenvalue weighted by Crippen LogP contribution is -2.56. The summed E-state index contributed by atoms with van der Waals surface area (Å²) in [5.41, 5.74) is 0.136. The largest absolute Gasteiger partial charge is 0.467 e. The van der Waals surface area contributed by atoms with Crippen LogP contribution >= 0.6 is 0 Å². The summed E-state index contributed by atoms with van der Waals surface area (Å²) in [6.07, 6.45) is 0.960. The van der Waals surface area contributed by atoms with E-state index in [0.717, 1.165) is 25.1 Å². The molecule has 0 saturated carbocycles. The zero-order valence-corrected chi connectivity index (χ0v) is 13.0. The molecule has 0 amide bonds. The number of carbonyl (C=O) groups excluding carboxylic acids is 1. The highest BCUT2D eigenvalue weighted by atomic mass is 16.5. The second-order valence-corrected chi connectivity index (χ2v) is 5.02. The van der Waals surface area contributed by atoms with Gasteiger partial charge in [0.2, 0.25) is 0 Å². The van der Waals surface area contributed by atoms with Crippen LogP contribution in [-0.2, 0) is 15.1 Å². The van der Waals surface area contributed by atoms with Gasteiger partial charge in [0.25, 0.3) is 0 Å². The zero-order valence-electron chi connectivity index (χ0n) is 13.0. The molecule has 4 heteroatoms. The van der Waals surface area contributed by atoms with E-state index in [2.05, 4.69) is 24.1 Å². The first-order chi connectivity index (χ1) is 9.60. The molecule has 0 fully saturated rings. The standard InChI is InChI=1S/C16H26N2O2/c1-5-12-17-16(15(19)20-4,13-18(3)6-2)14-10-8-7-9-11-14/h7-11,17H,5-6,12-13H2,1-4H3. The van der Waals surface area contributed by atoms with Gasteiger partial charge in [-0.15, -0.1) is 0 Å².